The fourth-order valence-electron chi connectivity index (χ4n) is 3.59. The maximum absolute atomic E-state index is 12.7. The van der Waals surface area contributed by atoms with Crippen molar-refractivity contribution in [2.75, 3.05) is 25.1 Å². The van der Waals surface area contributed by atoms with Crippen molar-refractivity contribution in [2.24, 2.45) is 13.0 Å². The number of benzene rings is 2. The summed E-state index contributed by atoms with van der Waals surface area (Å²) < 4.78 is 13.1. The smallest absolute Gasteiger partial charge is 0.255 e. The molecule has 0 radical (unpaired) electrons. The van der Waals surface area contributed by atoms with Gasteiger partial charge in [0, 0.05) is 30.8 Å². The zero-order valence-electron chi connectivity index (χ0n) is 16.5. The highest BCUT2D eigenvalue weighted by Gasteiger charge is 2.18. The van der Waals surface area contributed by atoms with Gasteiger partial charge >= 0.3 is 0 Å². The first kappa shape index (κ1) is 18.5. The Hall–Kier alpha value is -2.86. The van der Waals surface area contributed by atoms with E-state index in [0.29, 0.717) is 24.0 Å². The monoisotopic (exact) mass is 379 g/mol. The molecular formula is C22H25N3O3. The topological polar surface area (TPSA) is 65.4 Å². The first-order chi connectivity index (χ1) is 13.5. The summed E-state index contributed by atoms with van der Waals surface area (Å²) in [7, 11) is 1.88. The Morgan fingerprint density at radius 1 is 1.29 bits per heavy atom. The number of anilines is 1. The second-order valence-electron chi connectivity index (χ2n) is 7.47. The van der Waals surface area contributed by atoms with E-state index in [-0.39, 0.29) is 5.91 Å². The first-order valence-corrected chi connectivity index (χ1v) is 9.57. The average molecular weight is 379 g/mol. The van der Waals surface area contributed by atoms with Crippen LogP contribution in [0.25, 0.3) is 10.9 Å². The van der Waals surface area contributed by atoms with Gasteiger partial charge in [-0.25, -0.2) is 0 Å². The number of carbonyl (C=O) groups excluding carboxylic acids is 1. The van der Waals surface area contributed by atoms with Crippen LogP contribution in [0.1, 0.15) is 27.9 Å². The molecular weight excluding hydrogens is 354 g/mol. The molecule has 6 heteroatoms. The largest absolute Gasteiger partial charge is 0.476 e. The van der Waals surface area contributed by atoms with E-state index in [2.05, 4.69) is 10.4 Å². The third-order valence-corrected chi connectivity index (χ3v) is 5.18. The Morgan fingerprint density at radius 3 is 2.89 bits per heavy atom. The van der Waals surface area contributed by atoms with E-state index in [1.165, 1.54) is 0 Å². The minimum atomic E-state index is -0.114. The van der Waals surface area contributed by atoms with E-state index in [1.807, 2.05) is 57.3 Å². The van der Waals surface area contributed by atoms with Gasteiger partial charge in [0.2, 0.25) is 5.88 Å². The molecule has 2 heterocycles. The lowest BCUT2D eigenvalue weighted by atomic mass is 10.1. The van der Waals surface area contributed by atoms with E-state index in [0.717, 1.165) is 47.4 Å². The molecule has 1 unspecified atom stereocenters. The third kappa shape index (κ3) is 3.73. The normalized spacial score (nSPS) is 16.5. The van der Waals surface area contributed by atoms with Gasteiger partial charge in [0.25, 0.3) is 5.91 Å². The highest BCUT2D eigenvalue weighted by atomic mass is 16.5. The van der Waals surface area contributed by atoms with Crippen molar-refractivity contribution in [3.63, 3.8) is 0 Å². The summed E-state index contributed by atoms with van der Waals surface area (Å²) in [6.45, 7) is 6.13. The summed E-state index contributed by atoms with van der Waals surface area (Å²) in [5.74, 6) is 0.932. The Morgan fingerprint density at radius 2 is 2.14 bits per heavy atom. The van der Waals surface area contributed by atoms with Crippen LogP contribution < -0.4 is 10.1 Å². The van der Waals surface area contributed by atoms with Crippen LogP contribution in [0.4, 0.5) is 5.69 Å². The van der Waals surface area contributed by atoms with E-state index >= 15 is 0 Å². The van der Waals surface area contributed by atoms with Crippen molar-refractivity contribution in [2.45, 2.75) is 20.3 Å². The molecule has 1 amide bonds. The molecule has 3 aromatic rings. The first-order valence-electron chi connectivity index (χ1n) is 9.57. The van der Waals surface area contributed by atoms with Gasteiger partial charge in [-0.1, -0.05) is 17.7 Å². The zero-order chi connectivity index (χ0) is 19.7. The predicted molar refractivity (Wildman–Crippen MR) is 109 cm³/mol. The van der Waals surface area contributed by atoms with Gasteiger partial charge < -0.3 is 14.8 Å². The van der Waals surface area contributed by atoms with E-state index < -0.39 is 0 Å². The Kier molecular flexibility index (Phi) is 5.05. The van der Waals surface area contributed by atoms with Crippen LogP contribution in [0.5, 0.6) is 5.88 Å². The number of nitrogens with zero attached hydrogens (tertiary/aromatic N) is 2. The number of hydrogen-bond donors (Lipinski definition) is 1. The molecule has 1 N–H and O–H groups in total. The van der Waals surface area contributed by atoms with E-state index in [4.69, 9.17) is 9.47 Å². The van der Waals surface area contributed by atoms with Crippen LogP contribution in [0.15, 0.2) is 36.4 Å². The summed E-state index contributed by atoms with van der Waals surface area (Å²) in [5, 5.41) is 8.42. The molecule has 0 bridgehead atoms. The number of aryl methyl sites for hydroxylation is 3. The van der Waals surface area contributed by atoms with Gasteiger partial charge in [0.15, 0.2) is 0 Å². The SMILES string of the molecule is Cc1ccc(C(=O)Nc2ccc3c(OCC4CCOC4)nn(C)c3c2)c(C)c1. The number of ether oxygens (including phenoxy) is 2. The molecule has 6 nitrogen and oxygen atoms in total. The lowest BCUT2D eigenvalue weighted by molar-refractivity contribution is 0.102. The average Bonchev–Trinajstić information content (AvgIpc) is 3.28. The quantitative estimate of drug-likeness (QED) is 0.731. The molecule has 2 aromatic carbocycles. The maximum atomic E-state index is 12.7. The Labute approximate surface area is 164 Å². The van der Waals surface area contributed by atoms with Crippen molar-refractivity contribution >= 4 is 22.5 Å². The number of nitrogens with one attached hydrogen (secondary N) is 1. The summed E-state index contributed by atoms with van der Waals surface area (Å²) in [5.41, 5.74) is 4.43. The fraction of sp³-hybridized carbons (Fsp3) is 0.364. The molecule has 4 rings (SSSR count). The highest BCUT2D eigenvalue weighted by Crippen LogP contribution is 2.28. The minimum Gasteiger partial charge on any atom is -0.476 e. The number of hydrogen-bond acceptors (Lipinski definition) is 4. The van der Waals surface area contributed by atoms with Crippen molar-refractivity contribution in [3.8, 4) is 5.88 Å². The van der Waals surface area contributed by atoms with Crippen LogP contribution in [0.2, 0.25) is 0 Å². The molecule has 28 heavy (non-hydrogen) atoms. The fourth-order valence-corrected chi connectivity index (χ4v) is 3.59. The maximum Gasteiger partial charge on any atom is 0.255 e. The number of amides is 1. The lowest BCUT2D eigenvalue weighted by Gasteiger charge is -2.09. The summed E-state index contributed by atoms with van der Waals surface area (Å²) in [6.07, 6.45) is 1.03. The van der Waals surface area contributed by atoms with Crippen LogP contribution in [0.3, 0.4) is 0 Å². The van der Waals surface area contributed by atoms with Crippen LogP contribution in [0, 0.1) is 19.8 Å². The molecule has 1 saturated heterocycles. The molecule has 0 spiro atoms. The second kappa shape index (κ2) is 7.64. The predicted octanol–water partition coefficient (Wildman–Crippen LogP) is 3.86. The molecule has 1 fully saturated rings. The lowest BCUT2D eigenvalue weighted by Crippen LogP contribution is -2.13. The second-order valence-corrected chi connectivity index (χ2v) is 7.47. The van der Waals surface area contributed by atoms with Gasteiger partial charge in [-0.05, 0) is 50.1 Å². The number of aromatic nitrogens is 2. The summed E-state index contributed by atoms with van der Waals surface area (Å²) in [6, 6.07) is 11.6. The van der Waals surface area contributed by atoms with Crippen LogP contribution >= 0.6 is 0 Å². The van der Waals surface area contributed by atoms with Gasteiger partial charge in [0.05, 0.1) is 24.1 Å². The molecule has 0 aliphatic carbocycles. The van der Waals surface area contributed by atoms with Gasteiger partial charge in [-0.2, -0.15) is 0 Å². The van der Waals surface area contributed by atoms with Gasteiger partial charge in [-0.3, -0.25) is 9.48 Å². The Balaban J connectivity index is 1.52. The number of carbonyl (C=O) groups is 1. The van der Waals surface area contributed by atoms with Crippen molar-refractivity contribution in [1.29, 1.82) is 0 Å². The number of fused-ring (bicyclic) bond motifs is 1. The summed E-state index contributed by atoms with van der Waals surface area (Å²) in [4.78, 5) is 12.7. The zero-order valence-corrected chi connectivity index (χ0v) is 16.5. The van der Waals surface area contributed by atoms with Crippen molar-refractivity contribution < 1.29 is 14.3 Å². The molecule has 1 aliphatic heterocycles. The Bertz CT molecular complexity index is 1020. The molecule has 1 aliphatic rings. The van der Waals surface area contributed by atoms with E-state index in [9.17, 15) is 4.79 Å². The molecule has 146 valence electrons. The molecule has 0 saturated carbocycles. The van der Waals surface area contributed by atoms with Crippen molar-refractivity contribution in [3.05, 3.63) is 53.1 Å². The van der Waals surface area contributed by atoms with Crippen LogP contribution in [-0.4, -0.2) is 35.5 Å². The number of rotatable bonds is 5. The van der Waals surface area contributed by atoms with E-state index in [1.54, 1.807) is 4.68 Å². The van der Waals surface area contributed by atoms with Crippen LogP contribution in [-0.2, 0) is 11.8 Å². The molecule has 1 aromatic heterocycles. The summed E-state index contributed by atoms with van der Waals surface area (Å²) >= 11 is 0. The van der Waals surface area contributed by atoms with Gasteiger partial charge in [-0.15, -0.1) is 5.10 Å². The van der Waals surface area contributed by atoms with Crippen molar-refractivity contribution in [1.82, 2.24) is 9.78 Å². The third-order valence-electron chi connectivity index (χ3n) is 5.18. The van der Waals surface area contributed by atoms with Gasteiger partial charge in [0.1, 0.15) is 0 Å². The minimum absolute atomic E-state index is 0.114. The standard InChI is InChI=1S/C22H25N3O3/c1-14-4-6-18(15(2)10-14)21(26)23-17-5-7-19-20(11-17)25(3)24-22(19)28-13-16-8-9-27-12-16/h4-7,10-11,16H,8-9,12-13H2,1-3H3,(H,23,26). The highest BCUT2D eigenvalue weighted by molar-refractivity contribution is 6.06. The molecule has 1 atom stereocenters.